The lowest BCUT2D eigenvalue weighted by Gasteiger charge is -2.22. The maximum absolute atomic E-state index is 11.9. The molecule has 92 valence electrons. The van der Waals surface area contributed by atoms with Crippen molar-refractivity contribution in [2.75, 3.05) is 26.7 Å². The number of carbonyl (C=O) groups is 1. The van der Waals surface area contributed by atoms with Gasteiger partial charge in [0.05, 0.1) is 12.5 Å². The molecular formula is C12H22N2O2. The van der Waals surface area contributed by atoms with Gasteiger partial charge in [-0.25, -0.2) is 0 Å². The quantitative estimate of drug-likeness (QED) is 0.769. The highest BCUT2D eigenvalue weighted by atomic mass is 16.5. The molecule has 0 aliphatic carbocycles. The van der Waals surface area contributed by atoms with E-state index in [2.05, 4.69) is 5.32 Å². The van der Waals surface area contributed by atoms with E-state index in [-0.39, 0.29) is 12.0 Å². The number of amides is 1. The summed E-state index contributed by atoms with van der Waals surface area (Å²) in [5.74, 6) is 0.223. The van der Waals surface area contributed by atoms with Crippen LogP contribution in [0.25, 0.3) is 0 Å². The zero-order valence-corrected chi connectivity index (χ0v) is 10.1. The summed E-state index contributed by atoms with van der Waals surface area (Å²) in [4.78, 5) is 13.8. The minimum Gasteiger partial charge on any atom is -0.378 e. The number of hydrogen-bond donors (Lipinski definition) is 1. The molecule has 2 rings (SSSR count). The first-order valence-corrected chi connectivity index (χ1v) is 6.34. The minimum absolute atomic E-state index is 0.173. The van der Waals surface area contributed by atoms with Crippen molar-refractivity contribution in [3.05, 3.63) is 0 Å². The van der Waals surface area contributed by atoms with Gasteiger partial charge in [0.1, 0.15) is 0 Å². The second-order valence-corrected chi connectivity index (χ2v) is 4.91. The fraction of sp³-hybridized carbons (Fsp3) is 0.917. The van der Waals surface area contributed by atoms with Crippen LogP contribution in [0.2, 0.25) is 0 Å². The summed E-state index contributed by atoms with van der Waals surface area (Å²) in [6, 6.07) is 0.499. The second kappa shape index (κ2) is 5.64. The van der Waals surface area contributed by atoms with Crippen LogP contribution in [0.4, 0.5) is 0 Å². The number of carbonyl (C=O) groups excluding carboxylic acids is 1. The predicted molar refractivity (Wildman–Crippen MR) is 62.3 cm³/mol. The number of likely N-dealkylation sites (N-methyl/N-ethyl adjacent to an activating group) is 1. The highest BCUT2D eigenvalue weighted by Gasteiger charge is 2.23. The zero-order valence-electron chi connectivity index (χ0n) is 10.1. The largest absolute Gasteiger partial charge is 0.378 e. The number of nitrogens with zero attached hydrogens (tertiary/aromatic N) is 1. The van der Waals surface area contributed by atoms with Crippen molar-refractivity contribution in [1.29, 1.82) is 0 Å². The number of hydrogen-bond acceptors (Lipinski definition) is 3. The van der Waals surface area contributed by atoms with Gasteiger partial charge in [0.15, 0.2) is 0 Å². The van der Waals surface area contributed by atoms with Crippen LogP contribution in [0.15, 0.2) is 0 Å². The molecule has 2 saturated heterocycles. The standard InChI is InChI=1S/C12H22N2O2/c1-14(9-10-4-2-6-13-10)12(15)8-11-5-3-7-16-11/h10-11,13H,2-9H2,1H3. The summed E-state index contributed by atoms with van der Waals surface area (Å²) >= 11 is 0. The summed E-state index contributed by atoms with van der Waals surface area (Å²) < 4.78 is 5.48. The van der Waals surface area contributed by atoms with E-state index >= 15 is 0 Å². The molecule has 0 radical (unpaired) electrons. The number of rotatable bonds is 4. The molecule has 4 heteroatoms. The second-order valence-electron chi connectivity index (χ2n) is 4.91. The van der Waals surface area contributed by atoms with E-state index in [0.29, 0.717) is 12.5 Å². The van der Waals surface area contributed by atoms with Gasteiger partial charge in [0.25, 0.3) is 0 Å². The van der Waals surface area contributed by atoms with Crippen molar-refractivity contribution < 1.29 is 9.53 Å². The third kappa shape index (κ3) is 3.19. The van der Waals surface area contributed by atoms with Gasteiger partial charge in [-0.3, -0.25) is 4.79 Å². The van der Waals surface area contributed by atoms with Crippen molar-refractivity contribution in [2.24, 2.45) is 0 Å². The summed E-state index contributed by atoms with van der Waals surface area (Å²) in [7, 11) is 1.90. The first-order valence-electron chi connectivity index (χ1n) is 6.34. The van der Waals surface area contributed by atoms with E-state index in [1.54, 1.807) is 0 Å². The average Bonchev–Trinajstić information content (AvgIpc) is 2.90. The fourth-order valence-corrected chi connectivity index (χ4v) is 2.50. The zero-order chi connectivity index (χ0) is 11.4. The summed E-state index contributed by atoms with van der Waals surface area (Å²) in [6.07, 6.45) is 5.30. The maximum Gasteiger partial charge on any atom is 0.224 e. The van der Waals surface area contributed by atoms with Gasteiger partial charge < -0.3 is 15.0 Å². The summed E-state index contributed by atoms with van der Waals surface area (Å²) in [6.45, 7) is 2.76. The molecule has 2 heterocycles. The van der Waals surface area contributed by atoms with E-state index in [1.165, 1.54) is 12.8 Å². The molecule has 1 amide bonds. The van der Waals surface area contributed by atoms with Crippen LogP contribution in [-0.4, -0.2) is 49.7 Å². The summed E-state index contributed by atoms with van der Waals surface area (Å²) in [5.41, 5.74) is 0. The van der Waals surface area contributed by atoms with Gasteiger partial charge in [-0.15, -0.1) is 0 Å². The van der Waals surface area contributed by atoms with Crippen molar-refractivity contribution in [3.8, 4) is 0 Å². The average molecular weight is 226 g/mol. The number of nitrogens with one attached hydrogen (secondary N) is 1. The van der Waals surface area contributed by atoms with Crippen LogP contribution < -0.4 is 5.32 Å². The third-order valence-electron chi connectivity index (χ3n) is 3.51. The molecule has 2 aliphatic rings. The topological polar surface area (TPSA) is 41.6 Å². The molecule has 1 N–H and O–H groups in total. The molecule has 2 aliphatic heterocycles. The van der Waals surface area contributed by atoms with Gasteiger partial charge in [0.2, 0.25) is 5.91 Å². The van der Waals surface area contributed by atoms with Crippen LogP contribution in [0.5, 0.6) is 0 Å². The Morgan fingerprint density at radius 1 is 1.44 bits per heavy atom. The molecule has 2 unspecified atom stereocenters. The lowest BCUT2D eigenvalue weighted by Crippen LogP contribution is -2.39. The molecule has 0 saturated carbocycles. The van der Waals surface area contributed by atoms with Crippen LogP contribution in [0.3, 0.4) is 0 Å². The van der Waals surface area contributed by atoms with Gasteiger partial charge >= 0.3 is 0 Å². The fourth-order valence-electron chi connectivity index (χ4n) is 2.50. The Morgan fingerprint density at radius 3 is 2.94 bits per heavy atom. The van der Waals surface area contributed by atoms with E-state index in [1.807, 2.05) is 11.9 Å². The molecule has 0 bridgehead atoms. The van der Waals surface area contributed by atoms with Gasteiger partial charge in [-0.1, -0.05) is 0 Å². The van der Waals surface area contributed by atoms with Crippen LogP contribution in [-0.2, 0) is 9.53 Å². The Balaban J connectivity index is 1.70. The van der Waals surface area contributed by atoms with Crippen LogP contribution >= 0.6 is 0 Å². The lowest BCUT2D eigenvalue weighted by atomic mass is 10.1. The highest BCUT2D eigenvalue weighted by Crippen LogP contribution is 2.16. The van der Waals surface area contributed by atoms with E-state index < -0.39 is 0 Å². The Kier molecular flexibility index (Phi) is 4.18. The van der Waals surface area contributed by atoms with Crippen LogP contribution in [0.1, 0.15) is 32.1 Å². The third-order valence-corrected chi connectivity index (χ3v) is 3.51. The van der Waals surface area contributed by atoms with E-state index in [9.17, 15) is 4.79 Å². The SMILES string of the molecule is CN(CC1CCCN1)C(=O)CC1CCCO1. The van der Waals surface area contributed by atoms with E-state index in [4.69, 9.17) is 4.74 Å². The van der Waals surface area contributed by atoms with Crippen molar-refractivity contribution in [1.82, 2.24) is 10.2 Å². The van der Waals surface area contributed by atoms with Crippen LogP contribution in [0, 0.1) is 0 Å². The molecule has 0 aromatic rings. The molecule has 4 nitrogen and oxygen atoms in total. The minimum atomic E-state index is 0.173. The normalized spacial score (nSPS) is 29.6. The first-order chi connectivity index (χ1) is 7.75. The van der Waals surface area contributed by atoms with Gasteiger partial charge in [0, 0.05) is 26.2 Å². The Hall–Kier alpha value is -0.610. The molecule has 0 aromatic heterocycles. The van der Waals surface area contributed by atoms with Crippen molar-refractivity contribution in [3.63, 3.8) is 0 Å². The van der Waals surface area contributed by atoms with Gasteiger partial charge in [-0.05, 0) is 32.2 Å². The monoisotopic (exact) mass is 226 g/mol. The first kappa shape index (κ1) is 11.9. The predicted octanol–water partition coefficient (Wildman–Crippen LogP) is 0.766. The Morgan fingerprint density at radius 2 is 2.31 bits per heavy atom. The molecule has 0 spiro atoms. The molecule has 0 aromatic carbocycles. The smallest absolute Gasteiger partial charge is 0.224 e. The Bertz CT molecular complexity index is 233. The van der Waals surface area contributed by atoms with E-state index in [0.717, 1.165) is 32.5 Å². The lowest BCUT2D eigenvalue weighted by molar-refractivity contribution is -0.132. The molecule has 2 atom stereocenters. The highest BCUT2D eigenvalue weighted by molar-refractivity contribution is 5.76. The van der Waals surface area contributed by atoms with Crippen molar-refractivity contribution in [2.45, 2.75) is 44.2 Å². The number of ether oxygens (including phenoxy) is 1. The Labute approximate surface area is 97.3 Å². The van der Waals surface area contributed by atoms with Crippen molar-refractivity contribution >= 4 is 5.91 Å². The van der Waals surface area contributed by atoms with Gasteiger partial charge in [-0.2, -0.15) is 0 Å². The summed E-state index contributed by atoms with van der Waals surface area (Å²) in [5, 5.41) is 3.41. The molecule has 16 heavy (non-hydrogen) atoms. The molecular weight excluding hydrogens is 204 g/mol. The maximum atomic E-state index is 11.9. The molecule has 2 fully saturated rings.